The lowest BCUT2D eigenvalue weighted by Gasteiger charge is -2.36. The van der Waals surface area contributed by atoms with E-state index in [9.17, 15) is 9.59 Å². The first-order valence-corrected chi connectivity index (χ1v) is 11.7. The van der Waals surface area contributed by atoms with Gasteiger partial charge in [0, 0.05) is 44.0 Å². The molecule has 0 N–H and O–H groups in total. The number of pyridine rings is 1. The summed E-state index contributed by atoms with van der Waals surface area (Å²) in [5.41, 5.74) is 1.22. The molecule has 3 heterocycles. The van der Waals surface area contributed by atoms with Crippen molar-refractivity contribution in [3.8, 4) is 0 Å². The number of carbonyl (C=O) groups excluding carboxylic acids is 2. The Morgan fingerprint density at radius 1 is 1.12 bits per heavy atom. The second-order valence-electron chi connectivity index (χ2n) is 7.65. The standard InChI is InChI=1S/C22H23Cl3N4O4/c1-2-32-12-16-13-33-22(31)29(16)15-5-3-14(4-6-15)21(30)28-9-7-27(8-10-28)20-18(24)11-17(23)19(25)26-20/h3-6,11,16H,2,7-10,12-13H2,1H3. The molecule has 4 rings (SSSR count). The van der Waals surface area contributed by atoms with Crippen molar-refractivity contribution in [2.24, 2.45) is 0 Å². The number of hydrogen-bond donors (Lipinski definition) is 0. The number of amides is 2. The van der Waals surface area contributed by atoms with Crippen LogP contribution in [0.25, 0.3) is 0 Å². The van der Waals surface area contributed by atoms with Crippen LogP contribution in [0.5, 0.6) is 0 Å². The van der Waals surface area contributed by atoms with Crippen LogP contribution in [0.3, 0.4) is 0 Å². The number of aromatic nitrogens is 1. The topological polar surface area (TPSA) is 75.2 Å². The molecule has 176 valence electrons. The van der Waals surface area contributed by atoms with Gasteiger partial charge in [-0.05, 0) is 37.3 Å². The molecule has 0 aliphatic carbocycles. The predicted molar refractivity (Wildman–Crippen MR) is 128 cm³/mol. The molecule has 8 nitrogen and oxygen atoms in total. The zero-order valence-electron chi connectivity index (χ0n) is 18.0. The predicted octanol–water partition coefficient (Wildman–Crippen LogP) is 4.37. The lowest BCUT2D eigenvalue weighted by Crippen LogP contribution is -2.49. The third-order valence-corrected chi connectivity index (χ3v) is 6.55. The highest BCUT2D eigenvalue weighted by Crippen LogP contribution is 2.32. The van der Waals surface area contributed by atoms with Crippen LogP contribution in [0, 0.1) is 0 Å². The number of hydrogen-bond acceptors (Lipinski definition) is 6. The third-order valence-electron chi connectivity index (χ3n) is 5.60. The van der Waals surface area contributed by atoms with E-state index in [2.05, 4.69) is 4.98 Å². The zero-order valence-corrected chi connectivity index (χ0v) is 20.2. The Morgan fingerprint density at radius 3 is 2.48 bits per heavy atom. The first kappa shape index (κ1) is 23.9. The van der Waals surface area contributed by atoms with Crippen molar-refractivity contribution in [1.29, 1.82) is 0 Å². The summed E-state index contributed by atoms with van der Waals surface area (Å²) >= 11 is 18.3. The summed E-state index contributed by atoms with van der Waals surface area (Å²) in [6.07, 6.45) is -0.413. The number of halogens is 3. The number of piperazine rings is 1. The minimum atomic E-state index is -0.413. The molecule has 11 heteroatoms. The second kappa shape index (κ2) is 10.3. The molecule has 1 atom stereocenters. The number of nitrogens with zero attached hydrogens (tertiary/aromatic N) is 4. The molecule has 0 saturated carbocycles. The van der Waals surface area contributed by atoms with Gasteiger partial charge in [-0.25, -0.2) is 9.78 Å². The number of cyclic esters (lactones) is 1. The molecule has 2 saturated heterocycles. The minimum Gasteiger partial charge on any atom is -0.447 e. The van der Waals surface area contributed by atoms with Gasteiger partial charge in [0.2, 0.25) is 0 Å². The fourth-order valence-electron chi connectivity index (χ4n) is 3.88. The molecular weight excluding hydrogens is 491 g/mol. The Kier molecular flexibility index (Phi) is 7.48. The summed E-state index contributed by atoms with van der Waals surface area (Å²) in [4.78, 5) is 34.8. The van der Waals surface area contributed by atoms with Gasteiger partial charge in [0.1, 0.15) is 17.6 Å². The number of ether oxygens (including phenoxy) is 2. The molecule has 2 aliphatic heterocycles. The number of rotatable bonds is 6. The molecule has 0 bridgehead atoms. The van der Waals surface area contributed by atoms with Gasteiger partial charge < -0.3 is 19.3 Å². The molecule has 2 aliphatic rings. The summed E-state index contributed by atoms with van der Waals surface area (Å²) < 4.78 is 10.6. The van der Waals surface area contributed by atoms with E-state index in [1.54, 1.807) is 40.1 Å². The molecule has 2 aromatic rings. The average molecular weight is 514 g/mol. The number of benzene rings is 1. The van der Waals surface area contributed by atoms with Crippen LogP contribution in [0.15, 0.2) is 30.3 Å². The summed E-state index contributed by atoms with van der Waals surface area (Å²) in [6, 6.07) is 8.36. The monoisotopic (exact) mass is 512 g/mol. The van der Waals surface area contributed by atoms with E-state index in [0.29, 0.717) is 66.5 Å². The van der Waals surface area contributed by atoms with Crippen LogP contribution in [-0.2, 0) is 9.47 Å². The van der Waals surface area contributed by atoms with Crippen molar-refractivity contribution < 1.29 is 19.1 Å². The normalized spacial score (nSPS) is 18.6. The van der Waals surface area contributed by atoms with Gasteiger partial charge in [-0.2, -0.15) is 0 Å². The Hall–Kier alpha value is -2.26. The summed E-state index contributed by atoms with van der Waals surface area (Å²) in [6.45, 7) is 5.28. The van der Waals surface area contributed by atoms with Gasteiger partial charge >= 0.3 is 6.09 Å². The van der Waals surface area contributed by atoms with Crippen LogP contribution < -0.4 is 9.80 Å². The Balaban J connectivity index is 1.39. The maximum Gasteiger partial charge on any atom is 0.414 e. The van der Waals surface area contributed by atoms with E-state index >= 15 is 0 Å². The minimum absolute atomic E-state index is 0.0794. The van der Waals surface area contributed by atoms with Gasteiger partial charge in [-0.3, -0.25) is 9.69 Å². The van der Waals surface area contributed by atoms with E-state index < -0.39 is 6.09 Å². The van der Waals surface area contributed by atoms with Crippen molar-refractivity contribution in [3.63, 3.8) is 0 Å². The highest BCUT2D eigenvalue weighted by molar-refractivity contribution is 6.42. The van der Waals surface area contributed by atoms with Crippen molar-refractivity contribution in [2.45, 2.75) is 13.0 Å². The highest BCUT2D eigenvalue weighted by atomic mass is 35.5. The Labute approximate surface area is 206 Å². The first-order chi connectivity index (χ1) is 15.9. The third kappa shape index (κ3) is 5.14. The lowest BCUT2D eigenvalue weighted by molar-refractivity contribution is 0.0746. The van der Waals surface area contributed by atoms with Gasteiger partial charge in [0.15, 0.2) is 0 Å². The maximum atomic E-state index is 13.0. The van der Waals surface area contributed by atoms with Gasteiger partial charge in [-0.1, -0.05) is 34.8 Å². The lowest BCUT2D eigenvalue weighted by atomic mass is 10.1. The average Bonchev–Trinajstić information content (AvgIpc) is 3.20. The number of carbonyl (C=O) groups is 2. The van der Waals surface area contributed by atoms with Gasteiger partial charge in [0.05, 0.1) is 22.7 Å². The molecular formula is C22H23Cl3N4O4. The smallest absolute Gasteiger partial charge is 0.414 e. The second-order valence-corrected chi connectivity index (χ2v) is 8.83. The Bertz CT molecular complexity index is 1030. The molecule has 1 aromatic heterocycles. The van der Waals surface area contributed by atoms with E-state index in [1.165, 1.54) is 0 Å². The highest BCUT2D eigenvalue weighted by Gasteiger charge is 2.34. The van der Waals surface area contributed by atoms with Crippen molar-refractivity contribution in [2.75, 3.05) is 55.8 Å². The first-order valence-electron chi connectivity index (χ1n) is 10.6. The maximum absolute atomic E-state index is 13.0. The van der Waals surface area contributed by atoms with Crippen LogP contribution in [0.1, 0.15) is 17.3 Å². The zero-order chi connectivity index (χ0) is 23.5. The van der Waals surface area contributed by atoms with Crippen LogP contribution in [-0.4, -0.2) is 73.9 Å². The van der Waals surface area contributed by atoms with Crippen LogP contribution in [0.4, 0.5) is 16.3 Å². The quantitative estimate of drug-likeness (QED) is 0.534. The number of anilines is 2. The largest absolute Gasteiger partial charge is 0.447 e. The van der Waals surface area contributed by atoms with Crippen molar-refractivity contribution in [1.82, 2.24) is 9.88 Å². The molecule has 1 aromatic carbocycles. The van der Waals surface area contributed by atoms with E-state index in [1.807, 2.05) is 11.8 Å². The van der Waals surface area contributed by atoms with Gasteiger partial charge in [-0.15, -0.1) is 0 Å². The SMILES string of the molecule is CCOCC1COC(=O)N1c1ccc(C(=O)N2CCN(c3nc(Cl)c(Cl)cc3Cl)CC2)cc1. The van der Waals surface area contributed by atoms with Crippen LogP contribution >= 0.6 is 34.8 Å². The molecule has 33 heavy (non-hydrogen) atoms. The van der Waals surface area contributed by atoms with Crippen molar-refractivity contribution in [3.05, 3.63) is 51.1 Å². The summed E-state index contributed by atoms with van der Waals surface area (Å²) in [7, 11) is 0. The fourth-order valence-corrected chi connectivity index (χ4v) is 4.49. The van der Waals surface area contributed by atoms with E-state index in [-0.39, 0.29) is 23.7 Å². The molecule has 2 fully saturated rings. The van der Waals surface area contributed by atoms with Gasteiger partial charge in [0.25, 0.3) is 5.91 Å². The molecule has 0 spiro atoms. The van der Waals surface area contributed by atoms with Crippen molar-refractivity contribution >= 4 is 58.3 Å². The summed E-state index contributed by atoms with van der Waals surface area (Å²) in [5, 5.41) is 0.914. The van der Waals surface area contributed by atoms with E-state index in [4.69, 9.17) is 44.3 Å². The molecule has 1 unspecified atom stereocenters. The fraction of sp³-hybridized carbons (Fsp3) is 0.409. The molecule has 0 radical (unpaired) electrons. The molecule has 2 amide bonds. The van der Waals surface area contributed by atoms with Crippen LogP contribution in [0.2, 0.25) is 15.2 Å². The Morgan fingerprint density at radius 2 is 1.82 bits per heavy atom. The summed E-state index contributed by atoms with van der Waals surface area (Å²) in [5.74, 6) is 0.478. The van der Waals surface area contributed by atoms with E-state index in [0.717, 1.165) is 0 Å².